The van der Waals surface area contributed by atoms with Crippen molar-refractivity contribution in [1.82, 2.24) is 0 Å². The Kier molecular flexibility index (Phi) is 22.9. The van der Waals surface area contributed by atoms with E-state index >= 15 is 0 Å². The van der Waals surface area contributed by atoms with Crippen molar-refractivity contribution in [2.75, 3.05) is 46.8 Å². The second-order valence-electron chi connectivity index (χ2n) is 7.75. The van der Waals surface area contributed by atoms with E-state index in [0.29, 0.717) is 26.4 Å². The number of rotatable bonds is 23. The van der Waals surface area contributed by atoms with E-state index in [1.807, 2.05) is 0 Å². The van der Waals surface area contributed by atoms with Crippen LogP contribution in [0.5, 0.6) is 0 Å². The summed E-state index contributed by atoms with van der Waals surface area (Å²) in [5.74, 6) is 0. The second kappa shape index (κ2) is 23.1. The lowest BCUT2D eigenvalue weighted by atomic mass is 10.1. The van der Waals surface area contributed by atoms with Crippen molar-refractivity contribution >= 4 is 0 Å². The number of ether oxygens (including phenoxy) is 4. The van der Waals surface area contributed by atoms with E-state index in [4.69, 9.17) is 18.9 Å². The van der Waals surface area contributed by atoms with Gasteiger partial charge in [-0.05, 0) is 12.8 Å². The molecule has 0 fully saturated rings. The van der Waals surface area contributed by atoms with Gasteiger partial charge in [0.15, 0.2) is 0 Å². The van der Waals surface area contributed by atoms with E-state index < -0.39 is 6.10 Å². The number of aliphatic hydroxyl groups excluding tert-OH is 1. The van der Waals surface area contributed by atoms with Gasteiger partial charge in [-0.15, -0.1) is 0 Å². The summed E-state index contributed by atoms with van der Waals surface area (Å²) in [5, 5.41) is 10.0. The fourth-order valence-electron chi connectivity index (χ4n) is 3.03. The molecule has 170 valence electrons. The van der Waals surface area contributed by atoms with Crippen LogP contribution in [-0.2, 0) is 18.9 Å². The summed E-state index contributed by atoms with van der Waals surface area (Å²) in [6.45, 7) is 7.50. The summed E-state index contributed by atoms with van der Waals surface area (Å²) < 4.78 is 22.2. The molecule has 0 aliphatic carbocycles. The minimum atomic E-state index is -0.599. The molecule has 0 aromatic rings. The van der Waals surface area contributed by atoms with Crippen molar-refractivity contribution in [2.24, 2.45) is 0 Å². The van der Waals surface area contributed by atoms with E-state index in [1.54, 1.807) is 7.11 Å². The highest BCUT2D eigenvalue weighted by molar-refractivity contribution is 4.59. The average molecular weight is 405 g/mol. The number of aliphatic hydroxyl groups is 1. The lowest BCUT2D eigenvalue weighted by molar-refractivity contribution is -0.0880. The molecular weight excluding hydrogens is 356 g/mol. The third-order valence-corrected chi connectivity index (χ3v) is 4.78. The summed E-state index contributed by atoms with van der Waals surface area (Å²) in [7, 11) is 1.66. The normalized spacial score (nSPS) is 13.7. The summed E-state index contributed by atoms with van der Waals surface area (Å²) in [6.07, 6.45) is 14.3. The average Bonchev–Trinajstić information content (AvgIpc) is 2.70. The third kappa shape index (κ3) is 20.5. The molecule has 1 N–H and O–H groups in total. The van der Waals surface area contributed by atoms with Gasteiger partial charge in [0.1, 0.15) is 12.2 Å². The van der Waals surface area contributed by atoms with Crippen molar-refractivity contribution in [3.05, 3.63) is 0 Å². The Morgan fingerprint density at radius 3 is 1.64 bits per heavy atom. The molecular formula is C23H48O5. The standard InChI is InChI=1S/C23H48O5/c1-4-6-8-10-12-14-16-26-18-22(24)19-28-23(20-25-3)21-27-17-15-13-11-9-7-5-2/h22-24H,4-21H2,1-3H3. The van der Waals surface area contributed by atoms with E-state index in [1.165, 1.54) is 64.2 Å². The van der Waals surface area contributed by atoms with Gasteiger partial charge >= 0.3 is 0 Å². The van der Waals surface area contributed by atoms with Gasteiger partial charge in [-0.3, -0.25) is 0 Å². The molecule has 0 saturated carbocycles. The Morgan fingerprint density at radius 1 is 0.607 bits per heavy atom. The van der Waals surface area contributed by atoms with Gasteiger partial charge in [0.05, 0.1) is 26.4 Å². The predicted molar refractivity (Wildman–Crippen MR) is 116 cm³/mol. The molecule has 5 nitrogen and oxygen atoms in total. The molecule has 2 unspecified atom stereocenters. The van der Waals surface area contributed by atoms with Crippen LogP contribution >= 0.6 is 0 Å². The van der Waals surface area contributed by atoms with Crippen LogP contribution in [0.4, 0.5) is 0 Å². The number of hydrogen-bond acceptors (Lipinski definition) is 5. The summed E-state index contributed by atoms with van der Waals surface area (Å²) >= 11 is 0. The van der Waals surface area contributed by atoms with Crippen LogP contribution in [0.15, 0.2) is 0 Å². The first-order chi connectivity index (χ1) is 13.7. The smallest absolute Gasteiger partial charge is 0.104 e. The molecule has 0 radical (unpaired) electrons. The molecule has 0 rings (SSSR count). The van der Waals surface area contributed by atoms with E-state index in [2.05, 4.69) is 13.8 Å². The molecule has 0 bridgehead atoms. The van der Waals surface area contributed by atoms with Crippen LogP contribution in [0.1, 0.15) is 90.9 Å². The fourth-order valence-corrected chi connectivity index (χ4v) is 3.03. The van der Waals surface area contributed by atoms with Gasteiger partial charge in [-0.1, -0.05) is 78.1 Å². The first-order valence-corrected chi connectivity index (χ1v) is 11.7. The molecule has 0 amide bonds. The highest BCUT2D eigenvalue weighted by atomic mass is 16.6. The van der Waals surface area contributed by atoms with Crippen LogP contribution in [-0.4, -0.2) is 64.1 Å². The lowest BCUT2D eigenvalue weighted by Gasteiger charge is -2.19. The Labute approximate surface area is 174 Å². The topological polar surface area (TPSA) is 57.2 Å². The maximum atomic E-state index is 10.0. The molecule has 2 atom stereocenters. The molecule has 0 aliphatic heterocycles. The van der Waals surface area contributed by atoms with Gasteiger partial charge in [0.25, 0.3) is 0 Å². The molecule has 0 aromatic carbocycles. The maximum absolute atomic E-state index is 10.0. The molecule has 0 heterocycles. The fraction of sp³-hybridized carbons (Fsp3) is 1.00. The molecule has 5 heteroatoms. The zero-order valence-electron chi connectivity index (χ0n) is 19.0. The van der Waals surface area contributed by atoms with Gasteiger partial charge in [0.2, 0.25) is 0 Å². The molecule has 0 saturated heterocycles. The maximum Gasteiger partial charge on any atom is 0.104 e. The van der Waals surface area contributed by atoms with Gasteiger partial charge in [-0.2, -0.15) is 0 Å². The minimum absolute atomic E-state index is 0.140. The van der Waals surface area contributed by atoms with E-state index in [9.17, 15) is 5.11 Å². The van der Waals surface area contributed by atoms with Gasteiger partial charge in [0, 0.05) is 20.3 Å². The number of hydrogen-bond donors (Lipinski definition) is 1. The number of unbranched alkanes of at least 4 members (excludes halogenated alkanes) is 10. The third-order valence-electron chi connectivity index (χ3n) is 4.78. The summed E-state index contributed by atoms with van der Waals surface area (Å²) in [5.41, 5.74) is 0. The summed E-state index contributed by atoms with van der Waals surface area (Å²) in [6, 6.07) is 0. The first-order valence-electron chi connectivity index (χ1n) is 11.7. The summed E-state index contributed by atoms with van der Waals surface area (Å²) in [4.78, 5) is 0. The van der Waals surface area contributed by atoms with E-state index in [-0.39, 0.29) is 12.7 Å². The van der Waals surface area contributed by atoms with Crippen LogP contribution in [0.25, 0.3) is 0 Å². The largest absolute Gasteiger partial charge is 0.388 e. The van der Waals surface area contributed by atoms with Gasteiger partial charge in [-0.25, -0.2) is 0 Å². The highest BCUT2D eigenvalue weighted by Crippen LogP contribution is 2.06. The Hall–Kier alpha value is -0.200. The molecule has 0 spiro atoms. The second-order valence-corrected chi connectivity index (χ2v) is 7.75. The number of methoxy groups -OCH3 is 1. The van der Waals surface area contributed by atoms with Crippen LogP contribution < -0.4 is 0 Å². The molecule has 0 aliphatic rings. The molecule has 0 aromatic heterocycles. The predicted octanol–water partition coefficient (Wildman–Crippen LogP) is 5.13. The van der Waals surface area contributed by atoms with Crippen LogP contribution in [0.2, 0.25) is 0 Å². The zero-order valence-corrected chi connectivity index (χ0v) is 19.0. The zero-order chi connectivity index (χ0) is 20.7. The van der Waals surface area contributed by atoms with Crippen molar-refractivity contribution in [3.63, 3.8) is 0 Å². The Bertz CT molecular complexity index is 288. The lowest BCUT2D eigenvalue weighted by Crippen LogP contribution is -2.31. The quantitative estimate of drug-likeness (QED) is 0.239. The minimum Gasteiger partial charge on any atom is -0.388 e. The SMILES string of the molecule is CCCCCCCCOCC(O)COC(COC)COCCCCCCCC. The van der Waals surface area contributed by atoms with Crippen LogP contribution in [0.3, 0.4) is 0 Å². The monoisotopic (exact) mass is 404 g/mol. The van der Waals surface area contributed by atoms with Gasteiger partial charge < -0.3 is 24.1 Å². The van der Waals surface area contributed by atoms with Crippen molar-refractivity contribution < 1.29 is 24.1 Å². The molecule has 28 heavy (non-hydrogen) atoms. The highest BCUT2D eigenvalue weighted by Gasteiger charge is 2.13. The Balaban J connectivity index is 3.59. The van der Waals surface area contributed by atoms with Crippen molar-refractivity contribution in [3.8, 4) is 0 Å². The first kappa shape index (κ1) is 27.8. The van der Waals surface area contributed by atoms with Crippen molar-refractivity contribution in [1.29, 1.82) is 0 Å². The van der Waals surface area contributed by atoms with Crippen molar-refractivity contribution in [2.45, 2.75) is 103 Å². The Morgan fingerprint density at radius 2 is 1.11 bits per heavy atom. The van der Waals surface area contributed by atoms with Crippen LogP contribution in [0, 0.1) is 0 Å². The van der Waals surface area contributed by atoms with E-state index in [0.717, 1.165) is 19.4 Å².